The SMILES string of the molecule is CCC(=O)NCCSC(=O)[C@@H](C)[C@H](O)CCl. The Kier molecular flexibility index (Phi) is 8.70. The number of hydrogen-bond acceptors (Lipinski definition) is 4. The second-order valence-electron chi connectivity index (χ2n) is 3.38. The number of carbonyl (C=O) groups excluding carboxylic acids is 2. The molecular weight excluding hydrogens is 250 g/mol. The van der Waals surface area contributed by atoms with Crippen LogP contribution in [0.4, 0.5) is 0 Å². The lowest BCUT2D eigenvalue weighted by molar-refractivity contribution is -0.120. The molecule has 0 aliphatic rings. The van der Waals surface area contributed by atoms with E-state index in [-0.39, 0.29) is 16.9 Å². The molecule has 0 rings (SSSR count). The zero-order chi connectivity index (χ0) is 12.6. The number of thioether (sulfide) groups is 1. The Labute approximate surface area is 105 Å². The first-order chi connectivity index (χ1) is 7.52. The van der Waals surface area contributed by atoms with E-state index in [0.717, 1.165) is 11.8 Å². The van der Waals surface area contributed by atoms with Crippen LogP contribution in [0.3, 0.4) is 0 Å². The van der Waals surface area contributed by atoms with Crippen LogP contribution in [0, 0.1) is 5.92 Å². The van der Waals surface area contributed by atoms with E-state index < -0.39 is 12.0 Å². The zero-order valence-electron chi connectivity index (χ0n) is 9.53. The standard InChI is InChI=1S/C10H18ClNO3S/c1-3-9(14)12-4-5-16-10(15)7(2)8(13)6-11/h7-8,13H,3-6H2,1-2H3,(H,12,14)/t7-,8+/m0/s1. The van der Waals surface area contributed by atoms with E-state index >= 15 is 0 Å². The summed E-state index contributed by atoms with van der Waals surface area (Å²) in [7, 11) is 0. The summed E-state index contributed by atoms with van der Waals surface area (Å²) >= 11 is 6.55. The van der Waals surface area contributed by atoms with Crippen molar-refractivity contribution in [3.63, 3.8) is 0 Å². The number of nitrogens with one attached hydrogen (secondary N) is 1. The third kappa shape index (κ3) is 6.35. The highest BCUT2D eigenvalue weighted by Crippen LogP contribution is 2.15. The third-order valence-electron chi connectivity index (χ3n) is 2.10. The third-order valence-corrected chi connectivity index (χ3v) is 3.48. The molecule has 0 aliphatic heterocycles. The molecule has 4 nitrogen and oxygen atoms in total. The van der Waals surface area contributed by atoms with Crippen molar-refractivity contribution in [3.8, 4) is 0 Å². The summed E-state index contributed by atoms with van der Waals surface area (Å²) in [5.41, 5.74) is 0. The topological polar surface area (TPSA) is 66.4 Å². The Hall–Kier alpha value is -0.260. The van der Waals surface area contributed by atoms with Crippen LogP contribution in [0.25, 0.3) is 0 Å². The van der Waals surface area contributed by atoms with Crippen LogP contribution < -0.4 is 5.32 Å². The summed E-state index contributed by atoms with van der Waals surface area (Å²) in [4.78, 5) is 22.4. The van der Waals surface area contributed by atoms with Gasteiger partial charge in [-0.15, -0.1) is 11.6 Å². The number of amides is 1. The first-order valence-corrected chi connectivity index (χ1v) is 6.72. The van der Waals surface area contributed by atoms with Crippen molar-refractivity contribution < 1.29 is 14.7 Å². The highest BCUT2D eigenvalue weighted by Gasteiger charge is 2.21. The van der Waals surface area contributed by atoms with Gasteiger partial charge in [-0.2, -0.15) is 0 Å². The molecule has 0 fully saturated rings. The van der Waals surface area contributed by atoms with Gasteiger partial charge in [0.05, 0.1) is 12.0 Å². The van der Waals surface area contributed by atoms with Crippen molar-refractivity contribution in [2.45, 2.75) is 26.4 Å². The Morgan fingerprint density at radius 2 is 2.12 bits per heavy atom. The number of carbonyl (C=O) groups is 2. The van der Waals surface area contributed by atoms with Gasteiger partial charge in [0.1, 0.15) is 0 Å². The average molecular weight is 268 g/mol. The van der Waals surface area contributed by atoms with Gasteiger partial charge < -0.3 is 10.4 Å². The lowest BCUT2D eigenvalue weighted by Gasteiger charge is -2.14. The van der Waals surface area contributed by atoms with E-state index in [2.05, 4.69) is 5.32 Å². The summed E-state index contributed by atoms with van der Waals surface area (Å²) < 4.78 is 0. The molecule has 0 radical (unpaired) electrons. The maximum absolute atomic E-state index is 11.5. The van der Waals surface area contributed by atoms with E-state index in [1.807, 2.05) is 0 Å². The van der Waals surface area contributed by atoms with Crippen LogP contribution in [-0.2, 0) is 9.59 Å². The largest absolute Gasteiger partial charge is 0.391 e. The number of aliphatic hydroxyl groups excluding tert-OH is 1. The van der Waals surface area contributed by atoms with Crippen molar-refractivity contribution in [3.05, 3.63) is 0 Å². The molecule has 0 saturated heterocycles. The van der Waals surface area contributed by atoms with E-state index in [4.69, 9.17) is 11.6 Å². The summed E-state index contributed by atoms with van der Waals surface area (Å²) in [6, 6.07) is 0. The van der Waals surface area contributed by atoms with E-state index in [0.29, 0.717) is 18.7 Å². The van der Waals surface area contributed by atoms with Gasteiger partial charge in [-0.05, 0) is 0 Å². The fourth-order valence-corrected chi connectivity index (χ4v) is 1.98. The fraction of sp³-hybridized carbons (Fsp3) is 0.800. The highest BCUT2D eigenvalue weighted by atomic mass is 35.5. The molecule has 6 heteroatoms. The Balaban J connectivity index is 3.69. The summed E-state index contributed by atoms with van der Waals surface area (Å²) in [6.07, 6.45) is -0.355. The van der Waals surface area contributed by atoms with Crippen LogP contribution >= 0.6 is 23.4 Å². The number of rotatable bonds is 7. The monoisotopic (exact) mass is 267 g/mol. The van der Waals surface area contributed by atoms with Crippen molar-refractivity contribution in [2.75, 3.05) is 18.2 Å². The average Bonchev–Trinajstić information content (AvgIpc) is 2.31. The van der Waals surface area contributed by atoms with Crippen LogP contribution in [0.2, 0.25) is 0 Å². The van der Waals surface area contributed by atoms with Gasteiger partial charge >= 0.3 is 0 Å². The molecule has 0 heterocycles. The summed E-state index contributed by atoms with van der Waals surface area (Å²) in [5.74, 6) is 0.0792. The molecular formula is C10H18ClNO3S. The van der Waals surface area contributed by atoms with Gasteiger partial charge in [0.2, 0.25) is 5.91 Å². The van der Waals surface area contributed by atoms with E-state index in [1.165, 1.54) is 0 Å². The molecule has 94 valence electrons. The number of halogens is 1. The molecule has 0 bridgehead atoms. The first-order valence-electron chi connectivity index (χ1n) is 5.20. The molecule has 1 amide bonds. The maximum atomic E-state index is 11.5. The van der Waals surface area contributed by atoms with Gasteiger partial charge in [-0.25, -0.2) is 0 Å². The van der Waals surface area contributed by atoms with Gasteiger partial charge in [-0.3, -0.25) is 9.59 Å². The number of aliphatic hydroxyl groups is 1. The van der Waals surface area contributed by atoms with Gasteiger partial charge in [0.15, 0.2) is 5.12 Å². The Morgan fingerprint density at radius 3 is 2.62 bits per heavy atom. The fourth-order valence-electron chi connectivity index (χ4n) is 0.889. The van der Waals surface area contributed by atoms with Gasteiger partial charge in [0.25, 0.3) is 0 Å². The molecule has 2 N–H and O–H groups in total. The van der Waals surface area contributed by atoms with Crippen LogP contribution in [0.5, 0.6) is 0 Å². The predicted molar refractivity (Wildman–Crippen MR) is 66.7 cm³/mol. The van der Waals surface area contributed by atoms with Gasteiger partial charge in [0, 0.05) is 24.6 Å². The van der Waals surface area contributed by atoms with Gasteiger partial charge in [-0.1, -0.05) is 25.6 Å². The van der Waals surface area contributed by atoms with Crippen LogP contribution in [-0.4, -0.2) is 40.4 Å². The maximum Gasteiger partial charge on any atom is 0.219 e. The normalized spacial score (nSPS) is 14.2. The second kappa shape index (κ2) is 8.84. The minimum Gasteiger partial charge on any atom is -0.391 e. The Bertz CT molecular complexity index is 238. The molecule has 0 unspecified atom stereocenters. The molecule has 2 atom stereocenters. The summed E-state index contributed by atoms with van der Waals surface area (Å²) in [6.45, 7) is 3.88. The molecule has 0 spiro atoms. The highest BCUT2D eigenvalue weighted by molar-refractivity contribution is 8.13. The zero-order valence-corrected chi connectivity index (χ0v) is 11.1. The molecule has 0 aromatic rings. The second-order valence-corrected chi connectivity index (χ2v) is 4.79. The predicted octanol–water partition coefficient (Wildman–Crippen LogP) is 1.01. The molecule has 16 heavy (non-hydrogen) atoms. The summed E-state index contributed by atoms with van der Waals surface area (Å²) in [5, 5.41) is 11.9. The lowest BCUT2D eigenvalue weighted by Crippen LogP contribution is -2.28. The van der Waals surface area contributed by atoms with Crippen molar-refractivity contribution in [1.82, 2.24) is 5.32 Å². The molecule has 0 aromatic heterocycles. The van der Waals surface area contributed by atoms with Crippen molar-refractivity contribution in [2.24, 2.45) is 5.92 Å². The quantitative estimate of drug-likeness (QED) is 0.534. The lowest BCUT2D eigenvalue weighted by atomic mass is 10.1. The van der Waals surface area contributed by atoms with E-state index in [9.17, 15) is 14.7 Å². The smallest absolute Gasteiger partial charge is 0.219 e. The molecule has 0 saturated carbocycles. The van der Waals surface area contributed by atoms with Crippen LogP contribution in [0.1, 0.15) is 20.3 Å². The molecule has 0 aliphatic carbocycles. The number of hydrogen-bond donors (Lipinski definition) is 2. The Morgan fingerprint density at radius 1 is 1.50 bits per heavy atom. The molecule has 0 aromatic carbocycles. The van der Waals surface area contributed by atoms with Crippen LogP contribution in [0.15, 0.2) is 0 Å². The first kappa shape index (κ1) is 15.7. The minimum atomic E-state index is -0.799. The van der Waals surface area contributed by atoms with Crippen molar-refractivity contribution in [1.29, 1.82) is 0 Å². The van der Waals surface area contributed by atoms with Crippen molar-refractivity contribution >= 4 is 34.4 Å². The van der Waals surface area contributed by atoms with E-state index in [1.54, 1.807) is 13.8 Å². The number of alkyl halides is 1. The minimum absolute atomic E-state index is 0.0260.